The largest absolute Gasteiger partial charge is 0.461 e. The lowest BCUT2D eigenvalue weighted by atomic mass is 9.78. The van der Waals surface area contributed by atoms with E-state index in [1.165, 1.54) is 6.92 Å². The number of hydrogen-bond acceptors (Lipinski definition) is 7. The summed E-state index contributed by atoms with van der Waals surface area (Å²) in [4.78, 5) is 11.1. The van der Waals surface area contributed by atoms with Crippen LogP contribution in [0, 0.1) is 0 Å². The van der Waals surface area contributed by atoms with E-state index in [4.69, 9.17) is 9.47 Å². The Morgan fingerprint density at radius 3 is 2.87 bits per heavy atom. The van der Waals surface area contributed by atoms with E-state index >= 15 is 0 Å². The predicted octanol–water partition coefficient (Wildman–Crippen LogP) is 3.24. The number of ether oxygens (including phenoxy) is 2. The van der Waals surface area contributed by atoms with Gasteiger partial charge in [0.2, 0.25) is 0 Å². The van der Waals surface area contributed by atoms with Gasteiger partial charge in [-0.2, -0.15) is 13.2 Å². The fourth-order valence-electron chi connectivity index (χ4n) is 4.49. The highest BCUT2D eigenvalue weighted by Crippen LogP contribution is 2.53. The molecule has 1 saturated heterocycles. The summed E-state index contributed by atoms with van der Waals surface area (Å²) in [5.41, 5.74) is 0.542. The quantitative estimate of drug-likeness (QED) is 0.733. The van der Waals surface area contributed by atoms with Gasteiger partial charge in [-0.1, -0.05) is 5.21 Å². The fourth-order valence-corrected chi connectivity index (χ4v) is 5.87. The number of hydrogen-bond donors (Lipinski definition) is 1. The summed E-state index contributed by atoms with van der Waals surface area (Å²) >= 11 is 0.720. The molecule has 0 aliphatic carbocycles. The van der Waals surface area contributed by atoms with Crippen molar-refractivity contribution < 1.29 is 27.4 Å². The first-order valence-corrected chi connectivity index (χ1v) is 10.5. The van der Waals surface area contributed by atoms with Crippen LogP contribution in [0.1, 0.15) is 59.3 Å². The second-order valence-electron chi connectivity index (χ2n) is 7.93. The number of carbonyl (C=O) groups is 1. The number of thiophene rings is 1. The van der Waals surface area contributed by atoms with Crippen LogP contribution in [-0.2, 0) is 46.1 Å². The molecule has 30 heavy (non-hydrogen) atoms. The van der Waals surface area contributed by atoms with Gasteiger partial charge in [0, 0.05) is 43.1 Å². The van der Waals surface area contributed by atoms with Crippen molar-refractivity contribution in [2.45, 2.75) is 63.6 Å². The van der Waals surface area contributed by atoms with E-state index in [0.717, 1.165) is 17.0 Å². The van der Waals surface area contributed by atoms with Gasteiger partial charge < -0.3 is 14.8 Å². The number of piperidine rings is 1. The van der Waals surface area contributed by atoms with Gasteiger partial charge in [-0.15, -0.1) is 16.4 Å². The molecule has 2 aliphatic heterocycles. The minimum Gasteiger partial charge on any atom is -0.461 e. The van der Waals surface area contributed by atoms with Crippen molar-refractivity contribution in [1.29, 1.82) is 0 Å². The number of nitrogens with one attached hydrogen (secondary N) is 1. The third-order valence-electron chi connectivity index (χ3n) is 5.57. The average molecular weight is 444 g/mol. The van der Waals surface area contributed by atoms with E-state index in [0.29, 0.717) is 36.3 Å². The van der Waals surface area contributed by atoms with Crippen molar-refractivity contribution in [3.05, 3.63) is 32.8 Å². The third kappa shape index (κ3) is 3.85. The van der Waals surface area contributed by atoms with Crippen molar-refractivity contribution in [3.63, 3.8) is 0 Å². The van der Waals surface area contributed by atoms with Gasteiger partial charge >= 0.3 is 12.1 Å². The summed E-state index contributed by atoms with van der Waals surface area (Å²) in [6.07, 6.45) is -1.37. The molecule has 1 N–H and O–H groups in total. The first-order valence-electron chi connectivity index (χ1n) is 9.71. The van der Waals surface area contributed by atoms with Gasteiger partial charge in [0.15, 0.2) is 0 Å². The van der Waals surface area contributed by atoms with Crippen molar-refractivity contribution >= 4 is 17.3 Å². The number of aryl methyl sites for hydroxylation is 1. The van der Waals surface area contributed by atoms with Crippen molar-refractivity contribution in [1.82, 2.24) is 20.3 Å². The molecule has 3 atom stereocenters. The monoisotopic (exact) mass is 444 g/mol. The van der Waals surface area contributed by atoms with Crippen LogP contribution < -0.4 is 5.32 Å². The van der Waals surface area contributed by atoms with Gasteiger partial charge in [0.25, 0.3) is 0 Å². The lowest BCUT2D eigenvalue weighted by molar-refractivity contribution is -0.144. The smallest absolute Gasteiger partial charge is 0.426 e. The predicted molar refractivity (Wildman–Crippen MR) is 102 cm³/mol. The Labute approximate surface area is 175 Å². The summed E-state index contributed by atoms with van der Waals surface area (Å²) in [5.74, 6) is -0.608. The summed E-state index contributed by atoms with van der Waals surface area (Å²) < 4.78 is 54.3. The van der Waals surface area contributed by atoms with Gasteiger partial charge in [0.1, 0.15) is 17.1 Å². The molecule has 0 bridgehead atoms. The molecule has 0 saturated carbocycles. The maximum Gasteiger partial charge on any atom is 0.426 e. The molecule has 2 aliphatic rings. The lowest BCUT2D eigenvalue weighted by Crippen LogP contribution is -2.49. The number of rotatable bonds is 3. The summed E-state index contributed by atoms with van der Waals surface area (Å²) in [7, 11) is 1.77. The zero-order valence-electron chi connectivity index (χ0n) is 16.9. The normalized spacial score (nSPS) is 26.6. The van der Waals surface area contributed by atoms with E-state index in [1.807, 2.05) is 6.92 Å². The number of nitrogens with zero attached hydrogens (tertiary/aromatic N) is 3. The summed E-state index contributed by atoms with van der Waals surface area (Å²) in [5, 5.41) is 11.6. The molecule has 4 rings (SSSR count). The molecule has 2 aromatic heterocycles. The summed E-state index contributed by atoms with van der Waals surface area (Å²) in [6, 6.07) is -0.188. The molecule has 0 radical (unpaired) electrons. The van der Waals surface area contributed by atoms with Gasteiger partial charge in [0.05, 0.1) is 18.3 Å². The van der Waals surface area contributed by atoms with Gasteiger partial charge in [-0.25, -0.2) is 0 Å². The van der Waals surface area contributed by atoms with Crippen LogP contribution in [-0.4, -0.2) is 33.6 Å². The standard InChI is InChI=1S/C19H23F3N4O3S/c1-10-6-18(7-14(23-10)15-8-26(3)25-24-15)16-12(4-5-29-18)13(9-28-11(2)27)17(30-16)19(20,21)22/h8,10,14,23H,4-7,9H2,1-3H3/t10-,14-,18?/m0/s1. The number of esters is 1. The third-order valence-corrected chi connectivity index (χ3v) is 7.08. The fraction of sp³-hybridized carbons (Fsp3) is 0.632. The Morgan fingerprint density at radius 2 is 2.23 bits per heavy atom. The van der Waals surface area contributed by atoms with E-state index in [1.54, 1.807) is 17.9 Å². The van der Waals surface area contributed by atoms with Crippen LogP contribution in [0.4, 0.5) is 13.2 Å². The van der Waals surface area contributed by atoms with Crippen LogP contribution >= 0.6 is 11.3 Å². The number of fused-ring (bicyclic) bond motifs is 2. The van der Waals surface area contributed by atoms with Crippen LogP contribution in [0.25, 0.3) is 0 Å². The maximum atomic E-state index is 13.8. The highest BCUT2D eigenvalue weighted by atomic mass is 32.1. The zero-order chi connectivity index (χ0) is 21.7. The van der Waals surface area contributed by atoms with Gasteiger partial charge in [-0.3, -0.25) is 9.48 Å². The van der Waals surface area contributed by atoms with Crippen molar-refractivity contribution in [3.8, 4) is 0 Å². The van der Waals surface area contributed by atoms with Gasteiger partial charge in [-0.05, 0) is 25.3 Å². The van der Waals surface area contributed by atoms with E-state index in [2.05, 4.69) is 15.6 Å². The Kier molecular flexibility index (Phi) is 5.39. The molecule has 0 amide bonds. The molecule has 11 heteroatoms. The molecule has 4 heterocycles. The molecule has 0 aromatic carbocycles. The van der Waals surface area contributed by atoms with E-state index in [-0.39, 0.29) is 24.3 Å². The number of halogens is 3. The number of alkyl halides is 3. The molecule has 2 aromatic rings. The molecule has 1 unspecified atom stereocenters. The minimum absolute atomic E-state index is 0.00469. The first kappa shape index (κ1) is 21.3. The highest BCUT2D eigenvalue weighted by Gasteiger charge is 2.50. The minimum atomic E-state index is -4.53. The van der Waals surface area contributed by atoms with E-state index < -0.39 is 22.6 Å². The lowest BCUT2D eigenvalue weighted by Gasteiger charge is -2.45. The average Bonchev–Trinajstić information content (AvgIpc) is 3.24. The van der Waals surface area contributed by atoms with E-state index in [9.17, 15) is 18.0 Å². The Hall–Kier alpha value is -1.98. The van der Waals surface area contributed by atoms with Crippen LogP contribution in [0.5, 0.6) is 0 Å². The van der Waals surface area contributed by atoms with Crippen molar-refractivity contribution in [2.24, 2.45) is 7.05 Å². The molecular formula is C19H23F3N4O3S. The zero-order valence-corrected chi connectivity index (χ0v) is 17.7. The Bertz CT molecular complexity index is 957. The molecule has 164 valence electrons. The van der Waals surface area contributed by atoms with Crippen LogP contribution in [0.15, 0.2) is 6.20 Å². The SMILES string of the molecule is CC(=O)OCc1c(C(F)(F)F)sc2c1CCOC21C[C@@H](c2cn(C)nn2)N[C@@H](C)C1. The first-order chi connectivity index (χ1) is 14.1. The molecule has 1 spiro atoms. The Balaban J connectivity index is 1.77. The van der Waals surface area contributed by atoms with Crippen LogP contribution in [0.3, 0.4) is 0 Å². The molecule has 7 nitrogen and oxygen atoms in total. The maximum absolute atomic E-state index is 13.8. The highest BCUT2D eigenvalue weighted by molar-refractivity contribution is 7.12. The topological polar surface area (TPSA) is 78.3 Å². The summed E-state index contributed by atoms with van der Waals surface area (Å²) in [6.45, 7) is 3.11. The molecular weight excluding hydrogens is 421 g/mol. The second kappa shape index (κ2) is 7.61. The Morgan fingerprint density at radius 1 is 1.47 bits per heavy atom. The van der Waals surface area contributed by atoms with Crippen LogP contribution in [0.2, 0.25) is 0 Å². The van der Waals surface area contributed by atoms with Crippen molar-refractivity contribution in [2.75, 3.05) is 6.61 Å². The number of aromatic nitrogens is 3. The molecule has 1 fully saturated rings. The second-order valence-corrected chi connectivity index (χ2v) is 8.95. The number of carbonyl (C=O) groups excluding carboxylic acids is 1.